The molecule has 0 saturated carbocycles. The Kier molecular flexibility index (Phi) is 4.87. The van der Waals surface area contributed by atoms with Crippen LogP contribution in [0.2, 0.25) is 0 Å². The zero-order valence-electron chi connectivity index (χ0n) is 14.0. The maximum atomic E-state index is 12.2. The predicted octanol–water partition coefficient (Wildman–Crippen LogP) is 2.84. The zero-order valence-corrected chi connectivity index (χ0v) is 15.6. The van der Waals surface area contributed by atoms with Gasteiger partial charge >= 0.3 is 0 Å². The summed E-state index contributed by atoms with van der Waals surface area (Å²) in [5.41, 5.74) is 2.15. The first-order valence-corrected chi connectivity index (χ1v) is 10.3. The van der Waals surface area contributed by atoms with E-state index in [1.54, 1.807) is 18.2 Å². The molecular weight excluding hydrogens is 356 g/mol. The molecule has 0 aliphatic carbocycles. The van der Waals surface area contributed by atoms with Crippen molar-refractivity contribution in [3.63, 3.8) is 0 Å². The number of amides is 1. The van der Waals surface area contributed by atoms with Gasteiger partial charge in [0.25, 0.3) is 0 Å². The fourth-order valence-electron chi connectivity index (χ4n) is 2.63. The quantitative estimate of drug-likeness (QED) is 0.705. The second-order valence-electron chi connectivity index (χ2n) is 5.75. The largest absolute Gasteiger partial charge is 0.319 e. The number of carbonyl (C=O) groups excluding carboxylic acids is 1. The average molecular weight is 374 g/mol. The summed E-state index contributed by atoms with van der Waals surface area (Å²) in [6.07, 6.45) is -0.134. The van der Waals surface area contributed by atoms with Crippen LogP contribution in [0.3, 0.4) is 0 Å². The molecule has 3 rings (SSSR count). The molecule has 0 spiro atoms. The molecule has 5 nitrogen and oxygen atoms in total. The van der Waals surface area contributed by atoms with Crippen molar-refractivity contribution in [2.24, 2.45) is 12.0 Å². The monoisotopic (exact) mass is 374 g/mol. The molecule has 0 radical (unpaired) electrons. The zero-order chi connectivity index (χ0) is 18.0. The lowest BCUT2D eigenvalue weighted by molar-refractivity contribution is -0.117. The van der Waals surface area contributed by atoms with E-state index >= 15 is 0 Å². The van der Waals surface area contributed by atoms with E-state index in [0.717, 1.165) is 15.8 Å². The number of fused-ring (bicyclic) bond motifs is 1. The topological polar surface area (TPSA) is 68.5 Å². The van der Waals surface area contributed by atoms with Crippen LogP contribution in [0.15, 0.2) is 58.4 Å². The maximum Gasteiger partial charge on any atom is 0.249 e. The third-order valence-electron chi connectivity index (χ3n) is 3.93. The van der Waals surface area contributed by atoms with Crippen LogP contribution in [-0.4, -0.2) is 24.6 Å². The molecule has 0 saturated heterocycles. The van der Waals surface area contributed by atoms with Crippen LogP contribution in [0.4, 0.5) is 0 Å². The summed E-state index contributed by atoms with van der Waals surface area (Å²) in [4.78, 5) is 17.1. The second-order valence-corrected chi connectivity index (χ2v) is 8.87. The standard InChI is InChI=1S/C18H18N2O3S2/c1-13-7-6-10-15-17(13)20(2)18(24-15)19-16(21)11-12-25(22,23)14-8-4-3-5-9-14/h3-10H,11-12H2,1-2H3. The van der Waals surface area contributed by atoms with E-state index in [-0.39, 0.29) is 17.1 Å². The van der Waals surface area contributed by atoms with Crippen LogP contribution < -0.4 is 4.80 Å². The Morgan fingerprint density at radius 1 is 1.12 bits per heavy atom. The number of rotatable bonds is 4. The molecule has 0 N–H and O–H groups in total. The van der Waals surface area contributed by atoms with Gasteiger partial charge < -0.3 is 4.57 Å². The first-order chi connectivity index (χ1) is 11.9. The number of hydrogen-bond acceptors (Lipinski definition) is 4. The van der Waals surface area contributed by atoms with Crippen molar-refractivity contribution in [3.8, 4) is 0 Å². The number of sulfone groups is 1. The van der Waals surface area contributed by atoms with Gasteiger partial charge in [-0.15, -0.1) is 0 Å². The van der Waals surface area contributed by atoms with E-state index in [4.69, 9.17) is 0 Å². The molecule has 0 fully saturated rings. The van der Waals surface area contributed by atoms with Crippen molar-refractivity contribution in [2.75, 3.05) is 5.75 Å². The van der Waals surface area contributed by atoms with Crippen LogP contribution in [0.5, 0.6) is 0 Å². The van der Waals surface area contributed by atoms with Crippen molar-refractivity contribution in [1.29, 1.82) is 0 Å². The molecule has 25 heavy (non-hydrogen) atoms. The number of aromatic nitrogens is 1. The normalized spacial score (nSPS) is 12.6. The molecule has 1 amide bonds. The van der Waals surface area contributed by atoms with Gasteiger partial charge in [-0.05, 0) is 30.7 Å². The minimum atomic E-state index is -3.47. The second kappa shape index (κ2) is 6.93. The van der Waals surface area contributed by atoms with Crippen LogP contribution in [0.1, 0.15) is 12.0 Å². The average Bonchev–Trinajstić information content (AvgIpc) is 2.91. The van der Waals surface area contributed by atoms with Gasteiger partial charge in [-0.2, -0.15) is 4.99 Å². The Balaban J connectivity index is 1.82. The predicted molar refractivity (Wildman–Crippen MR) is 99.2 cm³/mol. The van der Waals surface area contributed by atoms with Gasteiger partial charge in [-0.1, -0.05) is 41.7 Å². The van der Waals surface area contributed by atoms with Gasteiger partial charge in [0.15, 0.2) is 14.6 Å². The van der Waals surface area contributed by atoms with Crippen molar-refractivity contribution in [3.05, 3.63) is 58.9 Å². The molecule has 0 aliphatic rings. The van der Waals surface area contributed by atoms with E-state index in [2.05, 4.69) is 4.99 Å². The van der Waals surface area contributed by atoms with Crippen molar-refractivity contribution in [2.45, 2.75) is 18.2 Å². The van der Waals surface area contributed by atoms with Gasteiger partial charge in [-0.3, -0.25) is 4.79 Å². The minimum absolute atomic E-state index is 0.134. The summed E-state index contributed by atoms with van der Waals surface area (Å²) in [6.45, 7) is 2.01. The third kappa shape index (κ3) is 3.72. The van der Waals surface area contributed by atoms with E-state index < -0.39 is 15.7 Å². The minimum Gasteiger partial charge on any atom is -0.319 e. The van der Waals surface area contributed by atoms with Crippen molar-refractivity contribution >= 4 is 37.3 Å². The Morgan fingerprint density at radius 2 is 1.84 bits per heavy atom. The number of benzene rings is 2. The fourth-order valence-corrected chi connectivity index (χ4v) is 5.00. The van der Waals surface area contributed by atoms with Gasteiger partial charge in [0.1, 0.15) is 0 Å². The smallest absolute Gasteiger partial charge is 0.249 e. The summed E-state index contributed by atoms with van der Waals surface area (Å²) in [5, 5.41) is 0. The molecule has 0 unspecified atom stereocenters. The number of para-hydroxylation sites is 1. The van der Waals surface area contributed by atoms with Crippen LogP contribution in [0, 0.1) is 6.92 Å². The molecular formula is C18H18N2O3S2. The van der Waals surface area contributed by atoms with E-state index in [1.165, 1.54) is 23.5 Å². The highest BCUT2D eigenvalue weighted by Crippen LogP contribution is 2.19. The van der Waals surface area contributed by atoms with E-state index in [0.29, 0.717) is 4.80 Å². The van der Waals surface area contributed by atoms with Crippen LogP contribution >= 0.6 is 11.3 Å². The van der Waals surface area contributed by atoms with E-state index in [9.17, 15) is 13.2 Å². The van der Waals surface area contributed by atoms with Gasteiger partial charge in [0.05, 0.1) is 20.9 Å². The number of nitrogens with zero attached hydrogens (tertiary/aromatic N) is 2. The summed E-state index contributed by atoms with van der Waals surface area (Å²) < 4.78 is 27.4. The lowest BCUT2D eigenvalue weighted by atomic mass is 10.2. The molecule has 1 heterocycles. The van der Waals surface area contributed by atoms with Gasteiger partial charge in [0.2, 0.25) is 5.91 Å². The third-order valence-corrected chi connectivity index (χ3v) is 6.76. The van der Waals surface area contributed by atoms with Crippen LogP contribution in [0.25, 0.3) is 10.2 Å². The lowest BCUT2D eigenvalue weighted by Crippen LogP contribution is -2.16. The highest BCUT2D eigenvalue weighted by molar-refractivity contribution is 7.91. The lowest BCUT2D eigenvalue weighted by Gasteiger charge is -2.02. The number of aryl methyl sites for hydroxylation is 2. The SMILES string of the molecule is Cc1cccc2sc(=NC(=O)CCS(=O)(=O)c3ccccc3)n(C)c12. The number of thiazole rings is 1. The molecule has 0 atom stereocenters. The van der Waals surface area contributed by atoms with Crippen molar-refractivity contribution < 1.29 is 13.2 Å². The summed E-state index contributed by atoms with van der Waals surface area (Å²) in [5.74, 6) is -0.674. The Hall–Kier alpha value is -2.25. The fraction of sp³-hybridized carbons (Fsp3) is 0.222. The molecule has 0 bridgehead atoms. The first kappa shape index (κ1) is 17.6. The van der Waals surface area contributed by atoms with Crippen LogP contribution in [-0.2, 0) is 21.7 Å². The van der Waals surface area contributed by atoms with Crippen molar-refractivity contribution in [1.82, 2.24) is 4.57 Å². The molecule has 3 aromatic rings. The molecule has 1 aromatic heterocycles. The van der Waals surface area contributed by atoms with E-state index in [1.807, 2.05) is 36.7 Å². The van der Waals surface area contributed by atoms with Gasteiger partial charge in [-0.25, -0.2) is 8.42 Å². The highest BCUT2D eigenvalue weighted by Gasteiger charge is 2.16. The molecule has 2 aromatic carbocycles. The molecule has 130 valence electrons. The maximum absolute atomic E-state index is 12.2. The summed E-state index contributed by atoms with van der Waals surface area (Å²) >= 11 is 1.42. The Labute approximate surface area is 150 Å². The van der Waals surface area contributed by atoms with Gasteiger partial charge in [0, 0.05) is 13.5 Å². The Morgan fingerprint density at radius 3 is 2.52 bits per heavy atom. The Bertz CT molecular complexity index is 1090. The molecule has 7 heteroatoms. The number of hydrogen-bond donors (Lipinski definition) is 0. The molecule has 0 aliphatic heterocycles. The first-order valence-electron chi connectivity index (χ1n) is 7.79. The number of carbonyl (C=O) groups is 1. The summed E-state index contributed by atoms with van der Waals surface area (Å²) in [7, 11) is -1.61. The highest BCUT2D eigenvalue weighted by atomic mass is 32.2. The summed E-state index contributed by atoms with van der Waals surface area (Å²) in [6, 6.07) is 14.1.